The smallest absolute Gasteiger partial charge is 0.389 e. The third kappa shape index (κ3) is 11.4. The summed E-state index contributed by atoms with van der Waals surface area (Å²) in [5.74, 6) is -1.36. The molecule has 0 fully saturated rings. The highest BCUT2D eigenvalue weighted by Crippen LogP contribution is 2.30. The highest BCUT2D eigenvalue weighted by atomic mass is 32.2. The number of halogens is 3. The number of ether oxygens (including phenoxy) is 2. The molecule has 0 saturated heterocycles. The van der Waals surface area contributed by atoms with Crippen molar-refractivity contribution in [1.29, 1.82) is 0 Å². The number of nitrogens with one attached hydrogen (secondary N) is 1. The Balaban J connectivity index is 1.95. The number of aryl methyl sites for hydroxylation is 1. The minimum Gasteiger partial charge on any atom is -0.490 e. The lowest BCUT2D eigenvalue weighted by molar-refractivity contribution is -0.149. The second-order valence-corrected chi connectivity index (χ2v) is 14.0. The summed E-state index contributed by atoms with van der Waals surface area (Å²) in [6, 6.07) is 10.1. The Morgan fingerprint density at radius 1 is 1.15 bits per heavy atom. The molecule has 1 heterocycles. The summed E-state index contributed by atoms with van der Waals surface area (Å²) in [5.41, 5.74) is 1.12. The third-order valence-electron chi connectivity index (χ3n) is 8.14. The average molecular weight is 686 g/mol. The van der Waals surface area contributed by atoms with Crippen LogP contribution in [0.1, 0.15) is 68.8 Å². The van der Waals surface area contributed by atoms with Gasteiger partial charge in [-0.2, -0.15) is 13.2 Å². The van der Waals surface area contributed by atoms with Crippen LogP contribution in [0, 0.1) is 12.8 Å². The standard InChI is InChI=1S/C33H46F3N3O7S/c1-22-9-12-27(13-10-22)47(43,44)37-26-11-14-29-28(18-26)32(42)39(24(3)21-40)19-23(2)30(45-17-7-6-8-25(4)46-29)20-38(5)31(41)15-16-33(34,35)36/h9-14,18,23-25,30,37,40H,6-8,15-17,19-21H2,1-5H3/t23-,24+,25+,30+/m0/s1. The number of fused-ring (bicyclic) bond motifs is 1. The zero-order valence-electron chi connectivity index (χ0n) is 27.5. The number of aliphatic hydroxyl groups excluding tert-OH is 1. The van der Waals surface area contributed by atoms with Crippen molar-refractivity contribution in [1.82, 2.24) is 9.80 Å². The molecule has 3 rings (SSSR count). The molecule has 10 nitrogen and oxygen atoms in total. The number of aliphatic hydroxyl groups is 1. The number of hydrogen-bond acceptors (Lipinski definition) is 7. The molecular formula is C33H46F3N3O7S. The molecule has 14 heteroatoms. The van der Waals surface area contributed by atoms with Crippen LogP contribution in [-0.2, 0) is 19.6 Å². The van der Waals surface area contributed by atoms with Crippen molar-refractivity contribution in [2.45, 2.75) is 89.1 Å². The Labute approximate surface area is 275 Å². The largest absolute Gasteiger partial charge is 0.490 e. The van der Waals surface area contributed by atoms with Crippen molar-refractivity contribution in [2.24, 2.45) is 5.92 Å². The topological polar surface area (TPSA) is 125 Å². The van der Waals surface area contributed by atoms with Crippen molar-refractivity contribution >= 4 is 27.5 Å². The molecule has 0 bridgehead atoms. The monoisotopic (exact) mass is 685 g/mol. The maximum atomic E-state index is 14.2. The van der Waals surface area contributed by atoms with E-state index in [0.717, 1.165) is 5.56 Å². The van der Waals surface area contributed by atoms with Crippen LogP contribution in [-0.4, -0.2) is 92.9 Å². The van der Waals surface area contributed by atoms with Gasteiger partial charge in [-0.3, -0.25) is 14.3 Å². The van der Waals surface area contributed by atoms with Gasteiger partial charge in [0, 0.05) is 44.8 Å². The molecule has 2 amide bonds. The molecule has 2 aromatic carbocycles. The summed E-state index contributed by atoms with van der Waals surface area (Å²) in [5, 5.41) is 10.1. The van der Waals surface area contributed by atoms with Crippen LogP contribution in [0.4, 0.5) is 18.9 Å². The molecule has 0 unspecified atom stereocenters. The Hall–Kier alpha value is -3.36. The zero-order chi connectivity index (χ0) is 34.9. The van der Waals surface area contributed by atoms with E-state index in [2.05, 4.69) is 4.72 Å². The first-order chi connectivity index (χ1) is 22.0. The second-order valence-electron chi connectivity index (χ2n) is 12.3. The molecule has 0 radical (unpaired) electrons. The number of sulfonamides is 1. The van der Waals surface area contributed by atoms with E-state index in [1.54, 1.807) is 32.0 Å². The summed E-state index contributed by atoms with van der Waals surface area (Å²) < 4.78 is 79.4. The third-order valence-corrected chi connectivity index (χ3v) is 9.53. The van der Waals surface area contributed by atoms with Gasteiger partial charge in [-0.1, -0.05) is 24.6 Å². The Kier molecular flexibility index (Phi) is 13.5. The maximum Gasteiger partial charge on any atom is 0.389 e. The van der Waals surface area contributed by atoms with E-state index in [1.807, 2.05) is 13.8 Å². The molecule has 2 aromatic rings. The van der Waals surface area contributed by atoms with Crippen LogP contribution in [0.15, 0.2) is 47.4 Å². The highest BCUT2D eigenvalue weighted by molar-refractivity contribution is 7.92. The van der Waals surface area contributed by atoms with Crippen LogP contribution in [0.3, 0.4) is 0 Å². The summed E-state index contributed by atoms with van der Waals surface area (Å²) in [4.78, 5) is 29.5. The number of carbonyl (C=O) groups is 2. The number of anilines is 1. The summed E-state index contributed by atoms with van der Waals surface area (Å²) in [7, 11) is -2.56. The average Bonchev–Trinajstić information content (AvgIpc) is 3.00. The Morgan fingerprint density at radius 3 is 2.47 bits per heavy atom. The molecule has 1 aliphatic rings. The SMILES string of the molecule is Cc1ccc(S(=O)(=O)Nc2ccc3c(c2)C(=O)N([C@H](C)CO)C[C@H](C)[C@@H](CN(C)C(=O)CCC(F)(F)F)OCCCC[C@@H](C)O3)cc1. The molecule has 4 atom stereocenters. The Morgan fingerprint density at radius 2 is 1.83 bits per heavy atom. The van der Waals surface area contributed by atoms with Gasteiger partial charge in [-0.05, 0) is 70.4 Å². The van der Waals surface area contributed by atoms with Gasteiger partial charge in [0.1, 0.15) is 5.75 Å². The molecule has 262 valence electrons. The number of amides is 2. The number of hydrogen-bond donors (Lipinski definition) is 2. The molecule has 1 aliphatic heterocycles. The fraction of sp³-hybridized carbons (Fsp3) is 0.576. The van der Waals surface area contributed by atoms with Crippen LogP contribution < -0.4 is 9.46 Å². The molecule has 47 heavy (non-hydrogen) atoms. The van der Waals surface area contributed by atoms with Gasteiger partial charge in [0.2, 0.25) is 5.91 Å². The van der Waals surface area contributed by atoms with E-state index in [0.29, 0.717) is 25.9 Å². The van der Waals surface area contributed by atoms with Crippen molar-refractivity contribution in [3.63, 3.8) is 0 Å². The van der Waals surface area contributed by atoms with E-state index < -0.39 is 58.9 Å². The van der Waals surface area contributed by atoms with Crippen LogP contribution in [0.25, 0.3) is 0 Å². The summed E-state index contributed by atoms with van der Waals surface area (Å²) in [6.07, 6.45) is -5.31. The van der Waals surface area contributed by atoms with Gasteiger partial charge < -0.3 is 24.4 Å². The van der Waals surface area contributed by atoms with Gasteiger partial charge in [0.05, 0.1) is 41.7 Å². The lowest BCUT2D eigenvalue weighted by atomic mass is 10.0. The number of carbonyl (C=O) groups excluding carboxylic acids is 2. The fourth-order valence-electron chi connectivity index (χ4n) is 5.19. The molecule has 0 aliphatic carbocycles. The minimum atomic E-state index is -4.46. The number of rotatable bonds is 9. The van der Waals surface area contributed by atoms with E-state index in [4.69, 9.17) is 9.47 Å². The van der Waals surface area contributed by atoms with Crippen molar-refractivity contribution in [3.05, 3.63) is 53.6 Å². The van der Waals surface area contributed by atoms with E-state index >= 15 is 0 Å². The zero-order valence-corrected chi connectivity index (χ0v) is 28.4. The second kappa shape index (κ2) is 16.6. The first-order valence-electron chi connectivity index (χ1n) is 15.7. The van der Waals surface area contributed by atoms with Gasteiger partial charge in [0.15, 0.2) is 0 Å². The van der Waals surface area contributed by atoms with E-state index in [-0.39, 0.29) is 47.7 Å². The molecular weight excluding hydrogens is 639 g/mol. The molecule has 2 N–H and O–H groups in total. The number of benzene rings is 2. The maximum absolute atomic E-state index is 14.2. The normalized spacial score (nSPS) is 20.8. The highest BCUT2D eigenvalue weighted by Gasteiger charge is 2.32. The van der Waals surface area contributed by atoms with E-state index in [1.165, 1.54) is 41.1 Å². The van der Waals surface area contributed by atoms with Gasteiger partial charge >= 0.3 is 6.18 Å². The number of nitrogens with zero attached hydrogens (tertiary/aromatic N) is 2. The Bertz CT molecular complexity index is 1450. The summed E-state index contributed by atoms with van der Waals surface area (Å²) >= 11 is 0. The van der Waals surface area contributed by atoms with Gasteiger partial charge in [-0.15, -0.1) is 0 Å². The predicted octanol–water partition coefficient (Wildman–Crippen LogP) is 5.39. The summed E-state index contributed by atoms with van der Waals surface area (Å²) in [6.45, 7) is 7.18. The molecule has 0 aromatic heterocycles. The van der Waals surface area contributed by atoms with Crippen molar-refractivity contribution < 1.29 is 45.8 Å². The molecule has 0 saturated carbocycles. The molecule has 0 spiro atoms. The first kappa shape index (κ1) is 38.1. The lowest BCUT2D eigenvalue weighted by Crippen LogP contribution is -2.48. The van der Waals surface area contributed by atoms with Crippen molar-refractivity contribution in [3.8, 4) is 5.75 Å². The first-order valence-corrected chi connectivity index (χ1v) is 17.2. The minimum absolute atomic E-state index is 0.00837. The van der Waals surface area contributed by atoms with Crippen LogP contribution in [0.5, 0.6) is 5.75 Å². The van der Waals surface area contributed by atoms with Crippen molar-refractivity contribution in [2.75, 3.05) is 38.1 Å². The number of alkyl halides is 3. The predicted molar refractivity (Wildman–Crippen MR) is 172 cm³/mol. The van der Waals surface area contributed by atoms with E-state index in [9.17, 15) is 36.3 Å². The van der Waals surface area contributed by atoms with Crippen LogP contribution in [0.2, 0.25) is 0 Å². The lowest BCUT2D eigenvalue weighted by Gasteiger charge is -2.36. The quantitative estimate of drug-likeness (QED) is 0.363. The van der Waals surface area contributed by atoms with Crippen LogP contribution >= 0.6 is 0 Å². The van der Waals surface area contributed by atoms with Gasteiger partial charge in [0.25, 0.3) is 15.9 Å². The number of likely N-dealkylation sites (N-methyl/N-ethyl adjacent to an activating group) is 1. The van der Waals surface area contributed by atoms with Gasteiger partial charge in [-0.25, -0.2) is 8.42 Å². The fourth-order valence-corrected chi connectivity index (χ4v) is 6.24.